The first-order valence-electron chi connectivity index (χ1n) is 6.09. The number of sulfonamides is 1. The van der Waals surface area contributed by atoms with Crippen LogP contribution in [0.5, 0.6) is 0 Å². The fourth-order valence-electron chi connectivity index (χ4n) is 1.58. The average molecular weight is 379 g/mol. The summed E-state index contributed by atoms with van der Waals surface area (Å²) in [5.74, 6) is -0.541. The summed E-state index contributed by atoms with van der Waals surface area (Å²) < 4.78 is 26.4. The lowest BCUT2D eigenvalue weighted by Gasteiger charge is -2.09. The number of rotatable bonds is 5. The van der Waals surface area contributed by atoms with Crippen LogP contribution in [0.4, 0.5) is 5.69 Å². The molecule has 1 aromatic carbocycles. The summed E-state index contributed by atoms with van der Waals surface area (Å²) >= 11 is 12.9. The van der Waals surface area contributed by atoms with E-state index in [0.717, 1.165) is 16.2 Å². The Morgan fingerprint density at radius 1 is 1.23 bits per heavy atom. The number of halogens is 2. The maximum atomic E-state index is 12.0. The minimum atomic E-state index is -3.70. The molecule has 0 aliphatic carbocycles. The fourth-order valence-corrected chi connectivity index (χ4v) is 4.24. The summed E-state index contributed by atoms with van der Waals surface area (Å²) in [5, 5.41) is 3.00. The van der Waals surface area contributed by atoms with E-state index in [9.17, 15) is 13.2 Å². The highest BCUT2D eigenvalue weighted by atomic mass is 35.5. The highest BCUT2D eigenvalue weighted by Crippen LogP contribution is 2.29. The van der Waals surface area contributed by atoms with Gasteiger partial charge in [-0.25, -0.2) is 13.1 Å². The van der Waals surface area contributed by atoms with E-state index in [0.29, 0.717) is 10.7 Å². The van der Waals surface area contributed by atoms with Crippen LogP contribution in [0.25, 0.3) is 0 Å². The molecule has 1 aromatic heterocycles. The summed E-state index contributed by atoms with van der Waals surface area (Å²) in [4.78, 5) is 12.7. The Bertz CT molecular complexity index is 803. The van der Waals surface area contributed by atoms with Gasteiger partial charge in [0.05, 0.1) is 22.3 Å². The average Bonchev–Trinajstić information content (AvgIpc) is 2.89. The smallest absolute Gasteiger partial charge is 0.250 e. The number of aryl methyl sites for hydroxylation is 1. The second kappa shape index (κ2) is 6.97. The number of nitrogens with one attached hydrogen (secondary N) is 2. The van der Waals surface area contributed by atoms with E-state index in [4.69, 9.17) is 23.2 Å². The van der Waals surface area contributed by atoms with Gasteiger partial charge in [0, 0.05) is 4.88 Å². The van der Waals surface area contributed by atoms with Gasteiger partial charge in [-0.1, -0.05) is 29.3 Å². The lowest BCUT2D eigenvalue weighted by atomic mass is 10.3. The molecule has 0 atom stereocenters. The molecule has 0 saturated carbocycles. The predicted octanol–water partition coefficient (Wildman–Crippen LogP) is 3.28. The number of carbonyl (C=O) groups is 1. The van der Waals surface area contributed by atoms with Gasteiger partial charge in [-0.05, 0) is 31.2 Å². The highest BCUT2D eigenvalue weighted by Gasteiger charge is 2.17. The normalized spacial score (nSPS) is 11.4. The van der Waals surface area contributed by atoms with E-state index in [1.807, 2.05) is 0 Å². The van der Waals surface area contributed by atoms with E-state index >= 15 is 0 Å². The van der Waals surface area contributed by atoms with Crippen LogP contribution in [0.1, 0.15) is 4.88 Å². The number of thiophene rings is 1. The topological polar surface area (TPSA) is 75.3 Å². The Kier molecular flexibility index (Phi) is 5.46. The largest absolute Gasteiger partial charge is 0.324 e. The van der Waals surface area contributed by atoms with Crippen molar-refractivity contribution in [3.8, 4) is 0 Å². The first-order chi connectivity index (χ1) is 10.3. The summed E-state index contributed by atoms with van der Waals surface area (Å²) in [6.45, 7) is 1.40. The van der Waals surface area contributed by atoms with Crippen molar-refractivity contribution < 1.29 is 13.2 Å². The highest BCUT2D eigenvalue weighted by molar-refractivity contribution is 7.91. The van der Waals surface area contributed by atoms with Gasteiger partial charge in [0.25, 0.3) is 10.0 Å². The minimum absolute atomic E-state index is 0.165. The first-order valence-corrected chi connectivity index (χ1v) is 9.15. The quantitative estimate of drug-likeness (QED) is 0.837. The lowest BCUT2D eigenvalue weighted by molar-refractivity contribution is -0.115. The number of anilines is 1. The standard InChI is InChI=1S/C13H12Cl2N2O3S2/c1-8-5-6-12(21-8)22(19,20)16-7-11(18)17-10-4-2-3-9(14)13(10)15/h2-6,16H,7H2,1H3,(H,17,18). The number of amides is 1. The van der Waals surface area contributed by atoms with Crippen molar-refractivity contribution in [2.75, 3.05) is 11.9 Å². The molecular formula is C13H12Cl2N2O3S2. The third-order valence-corrected chi connectivity index (χ3v) is 6.34. The molecule has 0 spiro atoms. The zero-order valence-electron chi connectivity index (χ0n) is 11.4. The van der Waals surface area contributed by atoms with Crippen LogP contribution >= 0.6 is 34.5 Å². The molecule has 22 heavy (non-hydrogen) atoms. The van der Waals surface area contributed by atoms with Crippen LogP contribution in [-0.2, 0) is 14.8 Å². The van der Waals surface area contributed by atoms with Crippen molar-refractivity contribution in [3.05, 3.63) is 45.3 Å². The van der Waals surface area contributed by atoms with Crippen LogP contribution in [0.15, 0.2) is 34.5 Å². The van der Waals surface area contributed by atoms with Crippen molar-refractivity contribution in [1.29, 1.82) is 0 Å². The monoisotopic (exact) mass is 378 g/mol. The van der Waals surface area contributed by atoms with Crippen molar-refractivity contribution in [2.45, 2.75) is 11.1 Å². The molecule has 118 valence electrons. The second-order valence-corrected chi connectivity index (χ2v) is 8.41. The zero-order valence-corrected chi connectivity index (χ0v) is 14.5. The Hall–Kier alpha value is -1.12. The maximum absolute atomic E-state index is 12.0. The Balaban J connectivity index is 2.00. The number of benzene rings is 1. The molecule has 2 N–H and O–H groups in total. The zero-order chi connectivity index (χ0) is 16.3. The van der Waals surface area contributed by atoms with E-state index in [-0.39, 0.29) is 9.23 Å². The van der Waals surface area contributed by atoms with Gasteiger partial charge in [0.2, 0.25) is 5.91 Å². The molecule has 0 saturated heterocycles. The predicted molar refractivity (Wildman–Crippen MR) is 89.3 cm³/mol. The number of carbonyl (C=O) groups excluding carboxylic acids is 1. The molecule has 2 aromatic rings. The van der Waals surface area contributed by atoms with Gasteiger partial charge in [-0.3, -0.25) is 4.79 Å². The minimum Gasteiger partial charge on any atom is -0.324 e. The Labute approximate surface area is 142 Å². The van der Waals surface area contributed by atoms with Gasteiger partial charge in [0.15, 0.2) is 0 Å². The van der Waals surface area contributed by atoms with Gasteiger partial charge >= 0.3 is 0 Å². The molecule has 1 heterocycles. The van der Waals surface area contributed by atoms with Crippen LogP contribution in [-0.4, -0.2) is 20.9 Å². The Morgan fingerprint density at radius 2 is 1.95 bits per heavy atom. The van der Waals surface area contributed by atoms with E-state index in [1.165, 1.54) is 6.07 Å². The fraction of sp³-hybridized carbons (Fsp3) is 0.154. The SMILES string of the molecule is Cc1ccc(S(=O)(=O)NCC(=O)Nc2cccc(Cl)c2Cl)s1. The second-order valence-electron chi connectivity index (χ2n) is 4.34. The maximum Gasteiger partial charge on any atom is 0.250 e. The molecule has 2 rings (SSSR count). The number of hydrogen-bond donors (Lipinski definition) is 2. The van der Waals surface area contributed by atoms with Crippen molar-refractivity contribution in [1.82, 2.24) is 4.72 Å². The van der Waals surface area contributed by atoms with Crippen LogP contribution in [0.3, 0.4) is 0 Å². The van der Waals surface area contributed by atoms with Gasteiger partial charge in [-0.15, -0.1) is 11.3 Å². The van der Waals surface area contributed by atoms with E-state index in [1.54, 1.807) is 31.2 Å². The van der Waals surface area contributed by atoms with Crippen LogP contribution in [0, 0.1) is 6.92 Å². The van der Waals surface area contributed by atoms with Crippen molar-refractivity contribution in [3.63, 3.8) is 0 Å². The van der Waals surface area contributed by atoms with Crippen molar-refractivity contribution >= 4 is 56.2 Å². The molecule has 0 bridgehead atoms. The van der Waals surface area contributed by atoms with E-state index in [2.05, 4.69) is 10.0 Å². The molecule has 9 heteroatoms. The van der Waals surface area contributed by atoms with Crippen LogP contribution in [0.2, 0.25) is 10.0 Å². The van der Waals surface area contributed by atoms with Gasteiger partial charge < -0.3 is 5.32 Å². The number of hydrogen-bond acceptors (Lipinski definition) is 4. The molecule has 0 aliphatic rings. The summed E-state index contributed by atoms with van der Waals surface area (Å²) in [6, 6.07) is 7.98. The molecular weight excluding hydrogens is 367 g/mol. The van der Waals surface area contributed by atoms with Gasteiger partial charge in [-0.2, -0.15) is 0 Å². The summed E-state index contributed by atoms with van der Waals surface area (Å²) in [6.07, 6.45) is 0. The Morgan fingerprint density at radius 3 is 2.59 bits per heavy atom. The van der Waals surface area contributed by atoms with E-state index < -0.39 is 22.5 Å². The molecule has 0 aliphatic heterocycles. The summed E-state index contributed by atoms with van der Waals surface area (Å²) in [5.41, 5.74) is 0.324. The molecule has 0 unspecified atom stereocenters. The summed E-state index contributed by atoms with van der Waals surface area (Å²) in [7, 11) is -3.70. The molecule has 5 nitrogen and oxygen atoms in total. The third-order valence-electron chi connectivity index (χ3n) is 2.63. The molecule has 1 amide bonds. The lowest BCUT2D eigenvalue weighted by Crippen LogP contribution is -2.32. The molecule has 0 radical (unpaired) electrons. The van der Waals surface area contributed by atoms with Crippen molar-refractivity contribution in [2.24, 2.45) is 0 Å². The van der Waals surface area contributed by atoms with Crippen LogP contribution < -0.4 is 10.0 Å². The first kappa shape index (κ1) is 17.2. The van der Waals surface area contributed by atoms with Gasteiger partial charge in [0.1, 0.15) is 4.21 Å². The third kappa shape index (κ3) is 4.21. The molecule has 0 fully saturated rings.